The SMILES string of the molecule is N#CC1(CNc2cccc(-c3cc(N[C@H]4CC[C@H](NC[C@H]5CCCO5)CC4)ncc3Cl)n2)CCOCC1. The van der Waals surface area contributed by atoms with E-state index >= 15 is 0 Å². The highest BCUT2D eigenvalue weighted by Gasteiger charge is 2.32. The Bertz CT molecular complexity index is 1070. The minimum absolute atomic E-state index is 0.393. The van der Waals surface area contributed by atoms with Crippen molar-refractivity contribution in [2.24, 2.45) is 5.41 Å². The van der Waals surface area contributed by atoms with Gasteiger partial charge in [0.1, 0.15) is 11.6 Å². The van der Waals surface area contributed by atoms with E-state index in [1.165, 1.54) is 12.8 Å². The van der Waals surface area contributed by atoms with E-state index < -0.39 is 5.41 Å². The van der Waals surface area contributed by atoms with Gasteiger partial charge in [-0.15, -0.1) is 0 Å². The van der Waals surface area contributed by atoms with Gasteiger partial charge in [0.05, 0.1) is 28.3 Å². The first-order valence-electron chi connectivity index (χ1n) is 13.6. The highest BCUT2D eigenvalue weighted by molar-refractivity contribution is 6.33. The number of halogens is 1. The van der Waals surface area contributed by atoms with Crippen LogP contribution < -0.4 is 16.0 Å². The summed E-state index contributed by atoms with van der Waals surface area (Å²) in [4.78, 5) is 9.33. The second-order valence-electron chi connectivity index (χ2n) is 10.6. The first-order chi connectivity index (χ1) is 18.1. The molecule has 9 heteroatoms. The summed E-state index contributed by atoms with van der Waals surface area (Å²) in [7, 11) is 0. The summed E-state index contributed by atoms with van der Waals surface area (Å²) in [5, 5.41) is 21.0. The molecule has 0 bridgehead atoms. The summed E-state index contributed by atoms with van der Waals surface area (Å²) in [5.74, 6) is 1.55. The van der Waals surface area contributed by atoms with Crippen molar-refractivity contribution >= 4 is 23.2 Å². The summed E-state index contributed by atoms with van der Waals surface area (Å²) >= 11 is 6.55. The number of aromatic nitrogens is 2. The monoisotopic (exact) mass is 524 g/mol. The molecule has 1 aliphatic carbocycles. The number of rotatable bonds is 9. The Hall–Kier alpha value is -2.44. The molecule has 2 aromatic rings. The lowest BCUT2D eigenvalue weighted by molar-refractivity contribution is 0.0455. The summed E-state index contributed by atoms with van der Waals surface area (Å²) in [6, 6.07) is 11.3. The first kappa shape index (κ1) is 26.2. The van der Waals surface area contributed by atoms with Crippen molar-refractivity contribution in [3.05, 3.63) is 35.5 Å². The maximum atomic E-state index is 9.73. The van der Waals surface area contributed by atoms with Gasteiger partial charge in [0.15, 0.2) is 0 Å². The van der Waals surface area contributed by atoms with Crippen molar-refractivity contribution in [2.75, 3.05) is 43.5 Å². The fourth-order valence-corrected chi connectivity index (χ4v) is 5.70. The van der Waals surface area contributed by atoms with Crippen molar-refractivity contribution in [3.8, 4) is 17.3 Å². The van der Waals surface area contributed by atoms with Crippen LogP contribution in [-0.4, -0.2) is 61.1 Å². The molecule has 0 radical (unpaired) electrons. The average Bonchev–Trinajstić information content (AvgIpc) is 3.47. The summed E-state index contributed by atoms with van der Waals surface area (Å²) in [6.45, 7) is 3.67. The minimum atomic E-state index is -0.417. The predicted octanol–water partition coefficient (Wildman–Crippen LogP) is 5.02. The van der Waals surface area contributed by atoms with Gasteiger partial charge in [-0.25, -0.2) is 9.97 Å². The van der Waals surface area contributed by atoms with Crippen molar-refractivity contribution in [1.29, 1.82) is 5.26 Å². The molecule has 3 N–H and O–H groups in total. The second-order valence-corrected chi connectivity index (χ2v) is 11.0. The van der Waals surface area contributed by atoms with Crippen molar-refractivity contribution in [2.45, 2.75) is 69.6 Å². The molecule has 0 aromatic carbocycles. The molecule has 0 amide bonds. The van der Waals surface area contributed by atoms with Gasteiger partial charge < -0.3 is 25.4 Å². The van der Waals surface area contributed by atoms with Crippen LogP contribution in [0.15, 0.2) is 30.5 Å². The van der Waals surface area contributed by atoms with Gasteiger partial charge >= 0.3 is 0 Å². The second kappa shape index (κ2) is 12.4. The smallest absolute Gasteiger partial charge is 0.126 e. The van der Waals surface area contributed by atoms with Crippen molar-refractivity contribution in [1.82, 2.24) is 15.3 Å². The Kier molecular flexibility index (Phi) is 8.78. The van der Waals surface area contributed by atoms with Crippen LogP contribution in [-0.2, 0) is 9.47 Å². The Morgan fingerprint density at radius 3 is 2.62 bits per heavy atom. The van der Waals surface area contributed by atoms with Crippen LogP contribution in [0.1, 0.15) is 51.4 Å². The fourth-order valence-electron chi connectivity index (χ4n) is 5.50. The Labute approximate surface area is 224 Å². The van der Waals surface area contributed by atoms with Crippen molar-refractivity contribution in [3.63, 3.8) is 0 Å². The van der Waals surface area contributed by atoms with E-state index in [1.54, 1.807) is 6.20 Å². The lowest BCUT2D eigenvalue weighted by Crippen LogP contribution is -2.40. The Balaban J connectivity index is 1.17. The fraction of sp³-hybridized carbons (Fsp3) is 0.607. The van der Waals surface area contributed by atoms with Crippen LogP contribution in [0, 0.1) is 16.7 Å². The topological polar surface area (TPSA) is 104 Å². The third-order valence-electron chi connectivity index (χ3n) is 7.91. The number of nitrogens with one attached hydrogen (secondary N) is 3. The van der Waals surface area contributed by atoms with E-state index in [2.05, 4.69) is 27.0 Å². The number of ether oxygens (including phenoxy) is 2. The summed E-state index contributed by atoms with van der Waals surface area (Å²) < 4.78 is 11.2. The highest BCUT2D eigenvalue weighted by Crippen LogP contribution is 2.32. The summed E-state index contributed by atoms with van der Waals surface area (Å²) in [6.07, 6.45) is 10.4. The van der Waals surface area contributed by atoms with Crippen LogP contribution in [0.25, 0.3) is 11.3 Å². The number of hydrogen-bond donors (Lipinski definition) is 3. The normalized spacial score (nSPS) is 25.4. The molecule has 2 aliphatic heterocycles. The maximum absolute atomic E-state index is 9.73. The Morgan fingerprint density at radius 2 is 1.86 bits per heavy atom. The maximum Gasteiger partial charge on any atom is 0.126 e. The summed E-state index contributed by atoms with van der Waals surface area (Å²) in [5.41, 5.74) is 1.21. The van der Waals surface area contributed by atoms with E-state index in [9.17, 15) is 5.26 Å². The third kappa shape index (κ3) is 6.91. The lowest BCUT2D eigenvalue weighted by atomic mass is 9.82. The van der Waals surface area contributed by atoms with Crippen LogP contribution in [0.3, 0.4) is 0 Å². The van der Waals surface area contributed by atoms with E-state index in [0.29, 0.717) is 43.0 Å². The van der Waals surface area contributed by atoms with Gasteiger partial charge in [-0.05, 0) is 69.6 Å². The van der Waals surface area contributed by atoms with Gasteiger partial charge in [-0.3, -0.25) is 0 Å². The zero-order chi connectivity index (χ0) is 25.5. The molecule has 1 saturated carbocycles. The molecule has 3 aliphatic rings. The molecule has 2 aromatic heterocycles. The molecule has 198 valence electrons. The van der Waals surface area contributed by atoms with Crippen LogP contribution in [0.2, 0.25) is 5.02 Å². The number of nitriles is 1. The quantitative estimate of drug-likeness (QED) is 0.420. The Morgan fingerprint density at radius 1 is 1.05 bits per heavy atom. The minimum Gasteiger partial charge on any atom is -0.381 e. The first-order valence-corrected chi connectivity index (χ1v) is 14.0. The number of anilines is 2. The zero-order valence-corrected chi connectivity index (χ0v) is 22.1. The van der Waals surface area contributed by atoms with Crippen LogP contribution >= 0.6 is 11.6 Å². The van der Waals surface area contributed by atoms with E-state index in [-0.39, 0.29) is 0 Å². The molecule has 1 atom stereocenters. The van der Waals surface area contributed by atoms with Crippen LogP contribution in [0.5, 0.6) is 0 Å². The lowest BCUT2D eigenvalue weighted by Gasteiger charge is -2.31. The van der Waals surface area contributed by atoms with Crippen LogP contribution in [0.4, 0.5) is 11.6 Å². The molecule has 0 unspecified atom stereocenters. The molecule has 4 heterocycles. The molecule has 0 spiro atoms. The van der Waals surface area contributed by atoms with Gasteiger partial charge in [0, 0.05) is 56.8 Å². The molecule has 8 nitrogen and oxygen atoms in total. The van der Waals surface area contributed by atoms with E-state index in [1.807, 2.05) is 24.3 Å². The number of nitrogens with zero attached hydrogens (tertiary/aromatic N) is 3. The van der Waals surface area contributed by atoms with E-state index in [0.717, 1.165) is 74.6 Å². The van der Waals surface area contributed by atoms with Gasteiger partial charge in [-0.2, -0.15) is 5.26 Å². The zero-order valence-electron chi connectivity index (χ0n) is 21.3. The van der Waals surface area contributed by atoms with E-state index in [4.69, 9.17) is 26.1 Å². The molecule has 37 heavy (non-hydrogen) atoms. The standard InChI is InChI=1S/C28H37ClN6O2/c29-24-17-32-27(34-21-8-6-20(7-9-21)31-16-22-3-2-12-37-22)15-23(24)25-4-1-5-26(35-25)33-19-28(18-30)10-13-36-14-11-28/h1,4-5,15,17,20-22,31H,2-3,6-14,16,19H2,(H,32,34)(H,33,35)/t20-,21-,22-/m1/s1. The van der Waals surface area contributed by atoms with Gasteiger partial charge in [-0.1, -0.05) is 17.7 Å². The van der Waals surface area contributed by atoms with Gasteiger partial charge in [0.2, 0.25) is 0 Å². The average molecular weight is 525 g/mol. The van der Waals surface area contributed by atoms with Gasteiger partial charge in [0.25, 0.3) is 0 Å². The largest absolute Gasteiger partial charge is 0.381 e. The van der Waals surface area contributed by atoms with Crippen molar-refractivity contribution < 1.29 is 9.47 Å². The molecular formula is C28H37ClN6O2. The number of pyridine rings is 2. The molecular weight excluding hydrogens is 488 g/mol. The number of hydrogen-bond acceptors (Lipinski definition) is 8. The highest BCUT2D eigenvalue weighted by atomic mass is 35.5. The predicted molar refractivity (Wildman–Crippen MR) is 146 cm³/mol. The molecule has 5 rings (SSSR count). The molecule has 2 saturated heterocycles. The molecule has 3 fully saturated rings. The third-order valence-corrected chi connectivity index (χ3v) is 8.21.